The Kier molecular flexibility index (Phi) is 6.35. The highest BCUT2D eigenvalue weighted by Crippen LogP contribution is 2.23. The highest BCUT2D eigenvalue weighted by molar-refractivity contribution is 9.11. The summed E-state index contributed by atoms with van der Waals surface area (Å²) < 4.78 is 6.32. The molecule has 0 saturated carbocycles. The molecule has 1 atom stereocenters. The second kappa shape index (κ2) is 8.03. The van der Waals surface area contributed by atoms with Crippen LogP contribution < -0.4 is 5.32 Å². The van der Waals surface area contributed by atoms with Gasteiger partial charge in [0.1, 0.15) is 6.04 Å². The molecule has 1 fully saturated rings. The predicted molar refractivity (Wildman–Crippen MR) is 85.8 cm³/mol. The van der Waals surface area contributed by atoms with Crippen molar-refractivity contribution in [1.82, 2.24) is 10.2 Å². The van der Waals surface area contributed by atoms with Crippen LogP contribution >= 0.6 is 27.3 Å². The number of morpholine rings is 1. The van der Waals surface area contributed by atoms with E-state index in [1.165, 1.54) is 11.3 Å². The fourth-order valence-electron chi connectivity index (χ4n) is 2.16. The predicted octanol–water partition coefficient (Wildman–Crippen LogP) is 1.92. The number of ether oxygens (including phenoxy) is 1. The number of nitrogens with one attached hydrogen (secondary N) is 1. The molecule has 1 aromatic rings. The number of rotatable bonds is 6. The average molecular weight is 375 g/mol. The lowest BCUT2D eigenvalue weighted by Gasteiger charge is -2.33. The number of carbonyl (C=O) groups excluding carboxylic acids is 2. The van der Waals surface area contributed by atoms with Crippen molar-refractivity contribution in [3.63, 3.8) is 0 Å². The van der Waals surface area contributed by atoms with Gasteiger partial charge in [-0.3, -0.25) is 14.5 Å². The van der Waals surface area contributed by atoms with E-state index < -0.39 is 0 Å². The lowest BCUT2D eigenvalue weighted by molar-refractivity contribution is -0.132. The molecule has 0 aliphatic carbocycles. The largest absolute Gasteiger partial charge is 0.378 e. The number of nitrogens with zero attached hydrogens (tertiary/aromatic N) is 1. The van der Waals surface area contributed by atoms with E-state index in [0.29, 0.717) is 31.2 Å². The van der Waals surface area contributed by atoms with Gasteiger partial charge >= 0.3 is 0 Å². The fourth-order valence-corrected chi connectivity index (χ4v) is 3.48. The Hall–Kier alpha value is -0.760. The summed E-state index contributed by atoms with van der Waals surface area (Å²) >= 11 is 4.77. The first-order valence-electron chi connectivity index (χ1n) is 7.00. The molecule has 2 rings (SSSR count). The van der Waals surface area contributed by atoms with Gasteiger partial charge in [-0.05, 0) is 34.5 Å². The van der Waals surface area contributed by atoms with Crippen molar-refractivity contribution in [3.8, 4) is 0 Å². The molecule has 116 valence electrons. The minimum absolute atomic E-state index is 0.0425. The van der Waals surface area contributed by atoms with Gasteiger partial charge in [0, 0.05) is 13.1 Å². The number of amides is 1. The highest BCUT2D eigenvalue weighted by atomic mass is 79.9. The van der Waals surface area contributed by atoms with Crippen LogP contribution in [0.15, 0.2) is 15.9 Å². The summed E-state index contributed by atoms with van der Waals surface area (Å²) in [5, 5.41) is 2.87. The standard InChI is InChI=1S/C14H19BrN2O3S/c1-2-5-16-14(19)10-9-20-7-6-17(10)8-11(18)12-3-4-13(15)21-12/h3-4,10H,2,5-9H2,1H3,(H,16,19). The molecule has 1 aliphatic heterocycles. The van der Waals surface area contributed by atoms with E-state index >= 15 is 0 Å². The van der Waals surface area contributed by atoms with E-state index in [1.807, 2.05) is 24.0 Å². The van der Waals surface area contributed by atoms with E-state index in [4.69, 9.17) is 4.74 Å². The second-order valence-corrected chi connectivity index (χ2v) is 7.34. The molecule has 21 heavy (non-hydrogen) atoms. The van der Waals surface area contributed by atoms with E-state index in [0.717, 1.165) is 10.2 Å². The fraction of sp³-hybridized carbons (Fsp3) is 0.571. The molecule has 1 unspecified atom stereocenters. The Morgan fingerprint density at radius 3 is 3.00 bits per heavy atom. The van der Waals surface area contributed by atoms with Crippen molar-refractivity contribution in [2.24, 2.45) is 0 Å². The molecule has 0 aromatic carbocycles. The minimum atomic E-state index is -0.377. The highest BCUT2D eigenvalue weighted by Gasteiger charge is 2.30. The first-order chi connectivity index (χ1) is 10.1. The van der Waals surface area contributed by atoms with Crippen molar-refractivity contribution in [1.29, 1.82) is 0 Å². The zero-order chi connectivity index (χ0) is 15.2. The monoisotopic (exact) mass is 374 g/mol. The van der Waals surface area contributed by atoms with Gasteiger partial charge < -0.3 is 10.1 Å². The van der Waals surface area contributed by atoms with Crippen LogP contribution in [0, 0.1) is 0 Å². The van der Waals surface area contributed by atoms with E-state index in [1.54, 1.807) is 0 Å². The number of Topliss-reactive ketones (excluding diaryl/α,β-unsaturated/α-hetero) is 1. The van der Waals surface area contributed by atoms with Gasteiger partial charge in [0.2, 0.25) is 5.91 Å². The molecule has 1 amide bonds. The topological polar surface area (TPSA) is 58.6 Å². The van der Waals surface area contributed by atoms with Gasteiger partial charge in [-0.15, -0.1) is 11.3 Å². The molecule has 0 spiro atoms. The van der Waals surface area contributed by atoms with Crippen LogP contribution in [0.25, 0.3) is 0 Å². The molecule has 1 aliphatic rings. The zero-order valence-electron chi connectivity index (χ0n) is 11.9. The smallest absolute Gasteiger partial charge is 0.239 e. The SMILES string of the molecule is CCCNC(=O)C1COCCN1CC(=O)c1ccc(Br)s1. The number of ketones is 1. The Labute approximate surface area is 136 Å². The van der Waals surface area contributed by atoms with Gasteiger partial charge in [-0.1, -0.05) is 6.92 Å². The molecular weight excluding hydrogens is 356 g/mol. The Bertz CT molecular complexity index is 506. The van der Waals surface area contributed by atoms with Crippen LogP contribution in [0.3, 0.4) is 0 Å². The maximum atomic E-state index is 12.3. The number of carbonyl (C=O) groups is 2. The average Bonchev–Trinajstić information content (AvgIpc) is 2.92. The first kappa shape index (κ1) is 16.6. The van der Waals surface area contributed by atoms with Crippen LogP contribution in [0.4, 0.5) is 0 Å². The lowest BCUT2D eigenvalue weighted by Crippen LogP contribution is -2.55. The third kappa shape index (κ3) is 4.60. The Morgan fingerprint density at radius 2 is 2.33 bits per heavy atom. The van der Waals surface area contributed by atoms with E-state index in [-0.39, 0.29) is 24.3 Å². The van der Waals surface area contributed by atoms with Crippen molar-refractivity contribution >= 4 is 39.0 Å². The van der Waals surface area contributed by atoms with E-state index in [2.05, 4.69) is 21.2 Å². The summed E-state index contributed by atoms with van der Waals surface area (Å²) in [6, 6.07) is 3.30. The number of hydrogen-bond acceptors (Lipinski definition) is 5. The van der Waals surface area contributed by atoms with Gasteiger partial charge in [0.25, 0.3) is 0 Å². The summed E-state index contributed by atoms with van der Waals surface area (Å²) in [6.45, 7) is 4.40. The summed E-state index contributed by atoms with van der Waals surface area (Å²) in [5.74, 6) is -0.0161. The molecule has 7 heteroatoms. The molecule has 0 bridgehead atoms. The summed E-state index contributed by atoms with van der Waals surface area (Å²) in [4.78, 5) is 27.0. The van der Waals surface area contributed by atoms with Gasteiger partial charge in [0.15, 0.2) is 5.78 Å². The molecule has 1 saturated heterocycles. The van der Waals surface area contributed by atoms with Crippen LogP contribution in [0.5, 0.6) is 0 Å². The maximum Gasteiger partial charge on any atom is 0.239 e. The van der Waals surface area contributed by atoms with Crippen LogP contribution in [0.1, 0.15) is 23.0 Å². The Morgan fingerprint density at radius 1 is 1.52 bits per heavy atom. The van der Waals surface area contributed by atoms with Crippen LogP contribution in [-0.2, 0) is 9.53 Å². The lowest BCUT2D eigenvalue weighted by atomic mass is 10.2. The molecule has 5 nitrogen and oxygen atoms in total. The molecular formula is C14H19BrN2O3S. The summed E-state index contributed by atoms with van der Waals surface area (Å²) in [6.07, 6.45) is 0.890. The quantitative estimate of drug-likeness (QED) is 0.772. The molecule has 2 heterocycles. The number of halogens is 1. The Balaban J connectivity index is 1.98. The first-order valence-corrected chi connectivity index (χ1v) is 8.60. The summed E-state index contributed by atoms with van der Waals surface area (Å²) in [7, 11) is 0. The minimum Gasteiger partial charge on any atom is -0.378 e. The maximum absolute atomic E-state index is 12.3. The third-order valence-corrected chi connectivity index (χ3v) is 4.95. The molecule has 1 aromatic heterocycles. The van der Waals surface area contributed by atoms with Crippen molar-refractivity contribution < 1.29 is 14.3 Å². The normalized spacial score (nSPS) is 19.4. The number of hydrogen-bond donors (Lipinski definition) is 1. The second-order valence-electron chi connectivity index (χ2n) is 4.88. The van der Waals surface area contributed by atoms with Gasteiger partial charge in [-0.2, -0.15) is 0 Å². The van der Waals surface area contributed by atoms with Crippen LogP contribution in [-0.4, -0.2) is 55.5 Å². The molecule has 1 N–H and O–H groups in total. The zero-order valence-corrected chi connectivity index (χ0v) is 14.3. The van der Waals surface area contributed by atoms with Crippen LogP contribution in [0.2, 0.25) is 0 Å². The van der Waals surface area contributed by atoms with Crippen molar-refractivity contribution in [2.45, 2.75) is 19.4 Å². The van der Waals surface area contributed by atoms with Gasteiger partial charge in [-0.25, -0.2) is 0 Å². The molecule has 0 radical (unpaired) electrons. The number of thiophene rings is 1. The third-order valence-electron chi connectivity index (χ3n) is 3.29. The van der Waals surface area contributed by atoms with Crippen molar-refractivity contribution in [3.05, 3.63) is 20.8 Å². The van der Waals surface area contributed by atoms with Gasteiger partial charge in [0.05, 0.1) is 28.4 Å². The van der Waals surface area contributed by atoms with E-state index in [9.17, 15) is 9.59 Å². The summed E-state index contributed by atoms with van der Waals surface area (Å²) in [5.41, 5.74) is 0. The van der Waals surface area contributed by atoms with Crippen molar-refractivity contribution in [2.75, 3.05) is 32.8 Å².